The lowest BCUT2D eigenvalue weighted by Crippen LogP contribution is -2.04. The van der Waals surface area contributed by atoms with Crippen LogP contribution >= 0.6 is 7.60 Å². The summed E-state index contributed by atoms with van der Waals surface area (Å²) in [5.74, 6) is 0. The molecule has 0 amide bonds. The van der Waals surface area contributed by atoms with Crippen molar-refractivity contribution in [2.45, 2.75) is 20.8 Å². The minimum Gasteiger partial charge on any atom is -0.398 e. The summed E-state index contributed by atoms with van der Waals surface area (Å²) >= 11 is 0. The Balaban J connectivity index is 3.15. The molecule has 0 aromatic heterocycles. The molecule has 5 heteroatoms. The molecule has 1 rings (SSSR count). The van der Waals surface area contributed by atoms with Gasteiger partial charge in [0, 0.05) is 5.70 Å². The van der Waals surface area contributed by atoms with Gasteiger partial charge >= 0.3 is 7.60 Å². The van der Waals surface area contributed by atoms with Crippen LogP contribution in [0.5, 0.6) is 0 Å². The predicted octanol–water partition coefficient (Wildman–Crippen LogP) is 3.60. The molecule has 0 aliphatic carbocycles. The van der Waals surface area contributed by atoms with E-state index >= 15 is 0 Å². The van der Waals surface area contributed by atoms with Gasteiger partial charge in [-0.25, -0.2) is 0 Å². The fraction of sp³-hybridized carbons (Fsp3) is 0.385. The lowest BCUT2D eigenvalue weighted by molar-refractivity contribution is 0.226. The van der Waals surface area contributed by atoms with Gasteiger partial charge in [-0.2, -0.15) is 0 Å². The standard InChI is InChI=1S/C13H20NO3P/c1-4-16-18(15,17-5-2)11(3)13(14)12-9-7-6-8-10-12/h6-10H,4-5,14H2,1-3H3/b13-11-. The summed E-state index contributed by atoms with van der Waals surface area (Å²) in [6, 6.07) is 9.38. The van der Waals surface area contributed by atoms with E-state index in [0.717, 1.165) is 5.56 Å². The van der Waals surface area contributed by atoms with E-state index < -0.39 is 7.60 Å². The van der Waals surface area contributed by atoms with E-state index in [9.17, 15) is 4.57 Å². The first-order valence-corrected chi connectivity index (χ1v) is 7.50. The average molecular weight is 269 g/mol. The molecule has 0 atom stereocenters. The van der Waals surface area contributed by atoms with Gasteiger partial charge in [-0.05, 0) is 26.3 Å². The number of rotatable bonds is 6. The van der Waals surface area contributed by atoms with Crippen molar-refractivity contribution < 1.29 is 13.6 Å². The van der Waals surface area contributed by atoms with Crippen LogP contribution in [0.4, 0.5) is 0 Å². The molecule has 0 fully saturated rings. The zero-order chi connectivity index (χ0) is 13.6. The third kappa shape index (κ3) is 3.45. The number of nitrogens with two attached hydrogens (primary N) is 1. The Hall–Kier alpha value is -1.09. The molecule has 1 aromatic rings. The molecular weight excluding hydrogens is 249 g/mol. The Kier molecular flexibility index (Phi) is 5.60. The molecule has 0 spiro atoms. The van der Waals surface area contributed by atoms with Gasteiger partial charge in [0.1, 0.15) is 0 Å². The smallest absolute Gasteiger partial charge is 0.359 e. The Labute approximate surface area is 108 Å². The molecule has 0 unspecified atom stereocenters. The molecule has 0 saturated heterocycles. The van der Waals surface area contributed by atoms with Gasteiger partial charge in [-0.1, -0.05) is 30.3 Å². The molecule has 100 valence electrons. The number of hydrogen-bond donors (Lipinski definition) is 1. The summed E-state index contributed by atoms with van der Waals surface area (Å²) in [6.45, 7) is 5.87. The molecule has 0 bridgehead atoms. The van der Waals surface area contributed by atoms with Crippen molar-refractivity contribution in [3.63, 3.8) is 0 Å². The van der Waals surface area contributed by atoms with Crippen LogP contribution in [0.1, 0.15) is 26.3 Å². The average Bonchev–Trinajstić information content (AvgIpc) is 2.38. The Morgan fingerprint density at radius 3 is 2.11 bits per heavy atom. The second kappa shape index (κ2) is 6.74. The Morgan fingerprint density at radius 1 is 1.17 bits per heavy atom. The van der Waals surface area contributed by atoms with Gasteiger partial charge in [0.15, 0.2) is 0 Å². The van der Waals surface area contributed by atoms with E-state index in [2.05, 4.69) is 0 Å². The largest absolute Gasteiger partial charge is 0.398 e. The molecule has 1 aromatic carbocycles. The first kappa shape index (κ1) is 15.0. The highest BCUT2D eigenvalue weighted by molar-refractivity contribution is 7.58. The van der Waals surface area contributed by atoms with E-state index in [1.54, 1.807) is 20.8 Å². The van der Waals surface area contributed by atoms with Crippen LogP contribution in [0.3, 0.4) is 0 Å². The molecule has 18 heavy (non-hydrogen) atoms. The van der Waals surface area contributed by atoms with Gasteiger partial charge in [0.05, 0.1) is 18.5 Å². The highest BCUT2D eigenvalue weighted by Crippen LogP contribution is 2.57. The van der Waals surface area contributed by atoms with E-state index in [1.165, 1.54) is 0 Å². The highest BCUT2D eigenvalue weighted by Gasteiger charge is 2.28. The molecule has 0 aliphatic rings. The van der Waals surface area contributed by atoms with Crippen molar-refractivity contribution in [3.05, 3.63) is 41.2 Å². The lowest BCUT2D eigenvalue weighted by atomic mass is 10.1. The van der Waals surface area contributed by atoms with Crippen molar-refractivity contribution in [1.82, 2.24) is 0 Å². The minimum absolute atomic E-state index is 0.316. The Bertz CT molecular complexity index is 447. The first-order chi connectivity index (χ1) is 8.55. The SMILES string of the molecule is CCOP(=O)(OCC)/C(C)=C(\N)c1ccccc1. The van der Waals surface area contributed by atoms with Gasteiger partial charge in [0.2, 0.25) is 0 Å². The molecular formula is C13H20NO3P. The minimum atomic E-state index is -3.28. The molecule has 0 saturated carbocycles. The van der Waals surface area contributed by atoms with Crippen LogP contribution in [0.2, 0.25) is 0 Å². The van der Waals surface area contributed by atoms with Crippen LogP contribution in [0.25, 0.3) is 5.70 Å². The van der Waals surface area contributed by atoms with E-state index in [-0.39, 0.29) is 0 Å². The number of allylic oxidation sites excluding steroid dienone is 1. The second-order valence-corrected chi connectivity index (χ2v) is 5.88. The van der Waals surface area contributed by atoms with Crippen LogP contribution in [-0.4, -0.2) is 13.2 Å². The van der Waals surface area contributed by atoms with E-state index in [0.29, 0.717) is 24.2 Å². The fourth-order valence-corrected chi connectivity index (χ4v) is 3.11. The van der Waals surface area contributed by atoms with Crippen molar-refractivity contribution in [3.8, 4) is 0 Å². The Morgan fingerprint density at radius 2 is 1.67 bits per heavy atom. The number of hydrogen-bond acceptors (Lipinski definition) is 4. The van der Waals surface area contributed by atoms with Gasteiger partial charge < -0.3 is 14.8 Å². The zero-order valence-corrected chi connectivity index (χ0v) is 11.9. The van der Waals surface area contributed by atoms with Crippen LogP contribution in [0.15, 0.2) is 35.6 Å². The molecule has 0 radical (unpaired) electrons. The molecule has 0 heterocycles. The predicted molar refractivity (Wildman–Crippen MR) is 74.1 cm³/mol. The van der Waals surface area contributed by atoms with Gasteiger partial charge in [0.25, 0.3) is 0 Å². The normalized spacial score (nSPS) is 13.3. The van der Waals surface area contributed by atoms with Crippen LogP contribution in [-0.2, 0) is 13.6 Å². The van der Waals surface area contributed by atoms with Gasteiger partial charge in [-0.3, -0.25) is 4.57 Å². The zero-order valence-electron chi connectivity index (χ0n) is 11.1. The summed E-state index contributed by atoms with van der Waals surface area (Å²) < 4.78 is 23.1. The maximum Gasteiger partial charge on any atom is 0.359 e. The van der Waals surface area contributed by atoms with Crippen LogP contribution in [0, 0.1) is 0 Å². The van der Waals surface area contributed by atoms with Crippen molar-refractivity contribution in [1.29, 1.82) is 0 Å². The monoisotopic (exact) mass is 269 g/mol. The summed E-state index contributed by atoms with van der Waals surface area (Å²) in [5.41, 5.74) is 7.29. The third-order valence-electron chi connectivity index (χ3n) is 2.48. The van der Waals surface area contributed by atoms with Crippen LogP contribution < -0.4 is 5.73 Å². The maximum atomic E-state index is 12.5. The fourth-order valence-electron chi connectivity index (χ4n) is 1.54. The summed E-state index contributed by atoms with van der Waals surface area (Å²) in [5, 5.41) is 0.456. The van der Waals surface area contributed by atoms with Crippen molar-refractivity contribution >= 4 is 13.3 Å². The highest BCUT2D eigenvalue weighted by atomic mass is 31.2. The van der Waals surface area contributed by atoms with Gasteiger partial charge in [-0.15, -0.1) is 0 Å². The topological polar surface area (TPSA) is 61.5 Å². The number of benzene rings is 1. The summed E-state index contributed by atoms with van der Waals surface area (Å²) in [4.78, 5) is 0. The summed E-state index contributed by atoms with van der Waals surface area (Å²) in [7, 11) is -3.28. The maximum absolute atomic E-state index is 12.5. The van der Waals surface area contributed by atoms with Crippen molar-refractivity contribution in [2.24, 2.45) is 5.73 Å². The molecule has 0 aliphatic heterocycles. The second-order valence-electron chi connectivity index (χ2n) is 3.70. The molecule has 2 N–H and O–H groups in total. The quantitative estimate of drug-likeness (QED) is 0.801. The first-order valence-electron chi connectivity index (χ1n) is 5.96. The van der Waals surface area contributed by atoms with E-state index in [1.807, 2.05) is 30.3 Å². The molecule has 4 nitrogen and oxygen atoms in total. The lowest BCUT2D eigenvalue weighted by Gasteiger charge is -2.19. The van der Waals surface area contributed by atoms with Crippen molar-refractivity contribution in [2.75, 3.05) is 13.2 Å². The van der Waals surface area contributed by atoms with E-state index in [4.69, 9.17) is 14.8 Å². The third-order valence-corrected chi connectivity index (χ3v) is 4.74. The summed E-state index contributed by atoms with van der Waals surface area (Å²) in [6.07, 6.45) is 0.